The number of pyridine rings is 2. The summed E-state index contributed by atoms with van der Waals surface area (Å²) >= 11 is 0. The van der Waals surface area contributed by atoms with E-state index in [9.17, 15) is 4.79 Å². The van der Waals surface area contributed by atoms with Crippen LogP contribution < -0.4 is 9.64 Å². The predicted octanol–water partition coefficient (Wildman–Crippen LogP) is 3.44. The molecule has 0 unspecified atom stereocenters. The first-order valence-electron chi connectivity index (χ1n) is 10.8. The van der Waals surface area contributed by atoms with Crippen molar-refractivity contribution in [2.45, 2.75) is 32.2 Å². The van der Waals surface area contributed by atoms with Crippen molar-refractivity contribution in [2.24, 2.45) is 0 Å². The van der Waals surface area contributed by atoms with E-state index in [0.29, 0.717) is 18.4 Å². The highest BCUT2D eigenvalue weighted by molar-refractivity contribution is 5.79. The lowest BCUT2D eigenvalue weighted by molar-refractivity contribution is -0.137. The van der Waals surface area contributed by atoms with Crippen LogP contribution in [0.1, 0.15) is 36.6 Å². The quantitative estimate of drug-likeness (QED) is 0.590. The van der Waals surface area contributed by atoms with Crippen molar-refractivity contribution in [2.75, 3.05) is 32.1 Å². The van der Waals surface area contributed by atoms with Gasteiger partial charge in [-0.2, -0.15) is 0 Å². The Hall–Kier alpha value is -3.55. The number of anilines is 1. The molecule has 0 aliphatic carbocycles. The first kappa shape index (κ1) is 21.7. The molecule has 1 fully saturated rings. The van der Waals surface area contributed by atoms with Gasteiger partial charge in [0, 0.05) is 57.1 Å². The molecular weight excluding hydrogens is 404 g/mol. The van der Waals surface area contributed by atoms with Gasteiger partial charge in [-0.1, -0.05) is 6.07 Å². The van der Waals surface area contributed by atoms with Crippen molar-refractivity contribution < 1.29 is 9.53 Å². The Morgan fingerprint density at radius 2 is 2.00 bits per heavy atom. The molecule has 8 heteroatoms. The molecule has 0 saturated carbocycles. The molecule has 3 aromatic heterocycles. The van der Waals surface area contributed by atoms with Gasteiger partial charge in [-0.05, 0) is 49.4 Å². The number of rotatable bonds is 6. The minimum Gasteiger partial charge on any atom is -0.468 e. The number of aromatic nitrogens is 4. The summed E-state index contributed by atoms with van der Waals surface area (Å²) in [5, 5.41) is 0. The number of nitrogens with zero attached hydrogens (tertiary/aromatic N) is 6. The highest BCUT2D eigenvalue weighted by Gasteiger charge is 2.32. The fraction of sp³-hybridized carbons (Fsp3) is 0.375. The number of ether oxygens (including phenoxy) is 1. The number of aryl methyl sites for hydroxylation is 1. The molecule has 4 heterocycles. The third-order valence-electron chi connectivity index (χ3n) is 5.64. The van der Waals surface area contributed by atoms with Crippen LogP contribution in [0.3, 0.4) is 0 Å². The van der Waals surface area contributed by atoms with Crippen LogP contribution in [-0.2, 0) is 4.79 Å². The summed E-state index contributed by atoms with van der Waals surface area (Å²) in [6.45, 7) is 2.64. The second-order valence-electron chi connectivity index (χ2n) is 8.11. The van der Waals surface area contributed by atoms with E-state index in [-0.39, 0.29) is 18.6 Å². The average molecular weight is 433 g/mol. The molecule has 0 radical (unpaired) electrons. The van der Waals surface area contributed by atoms with Crippen molar-refractivity contribution in [3.05, 3.63) is 60.3 Å². The molecule has 32 heavy (non-hydrogen) atoms. The average Bonchev–Trinajstić information content (AvgIpc) is 2.83. The SMILES string of the molecule is Cc1cnccc1-c1cnc(N(C)C)nc1[C@@H]1CCCCN1C(=O)COc1ccccn1. The Balaban J connectivity index is 1.68. The van der Waals surface area contributed by atoms with Crippen molar-refractivity contribution in [3.8, 4) is 17.0 Å². The zero-order valence-electron chi connectivity index (χ0n) is 18.7. The van der Waals surface area contributed by atoms with Crippen LogP contribution in [0.15, 0.2) is 49.1 Å². The molecular formula is C24H28N6O2. The van der Waals surface area contributed by atoms with Crippen LogP contribution in [0.25, 0.3) is 11.1 Å². The first-order valence-corrected chi connectivity index (χ1v) is 10.8. The lowest BCUT2D eigenvalue weighted by Gasteiger charge is -2.36. The molecule has 0 aromatic carbocycles. The fourth-order valence-electron chi connectivity index (χ4n) is 4.00. The number of carbonyl (C=O) groups is 1. The molecule has 4 rings (SSSR count). The third-order valence-corrected chi connectivity index (χ3v) is 5.64. The fourth-order valence-corrected chi connectivity index (χ4v) is 4.00. The summed E-state index contributed by atoms with van der Waals surface area (Å²) in [6.07, 6.45) is 9.96. The summed E-state index contributed by atoms with van der Waals surface area (Å²) in [7, 11) is 3.84. The van der Waals surface area contributed by atoms with Gasteiger partial charge in [0.25, 0.3) is 5.91 Å². The van der Waals surface area contributed by atoms with E-state index < -0.39 is 0 Å². The number of amides is 1. The van der Waals surface area contributed by atoms with E-state index in [2.05, 4.69) is 15.0 Å². The van der Waals surface area contributed by atoms with E-state index in [4.69, 9.17) is 9.72 Å². The first-order chi connectivity index (χ1) is 15.5. The Kier molecular flexibility index (Phi) is 6.58. The van der Waals surface area contributed by atoms with E-state index in [1.807, 2.05) is 61.4 Å². The van der Waals surface area contributed by atoms with Crippen LogP contribution in [0, 0.1) is 6.92 Å². The molecule has 166 valence electrons. The topological polar surface area (TPSA) is 84.3 Å². The monoisotopic (exact) mass is 432 g/mol. The molecule has 1 amide bonds. The van der Waals surface area contributed by atoms with Gasteiger partial charge >= 0.3 is 0 Å². The van der Waals surface area contributed by atoms with Gasteiger partial charge in [-0.25, -0.2) is 15.0 Å². The second-order valence-corrected chi connectivity index (χ2v) is 8.11. The van der Waals surface area contributed by atoms with Crippen molar-refractivity contribution in [1.82, 2.24) is 24.8 Å². The van der Waals surface area contributed by atoms with Gasteiger partial charge < -0.3 is 14.5 Å². The zero-order valence-corrected chi connectivity index (χ0v) is 18.7. The number of piperidine rings is 1. The minimum atomic E-state index is -0.146. The maximum absolute atomic E-state index is 13.2. The molecule has 0 spiro atoms. The molecule has 8 nitrogen and oxygen atoms in total. The van der Waals surface area contributed by atoms with Gasteiger partial charge in [0.05, 0.1) is 11.7 Å². The second kappa shape index (κ2) is 9.72. The minimum absolute atomic E-state index is 0.0528. The van der Waals surface area contributed by atoms with Crippen LogP contribution in [0.4, 0.5) is 5.95 Å². The molecule has 0 bridgehead atoms. The normalized spacial score (nSPS) is 16.0. The van der Waals surface area contributed by atoms with Crippen molar-refractivity contribution >= 4 is 11.9 Å². The largest absolute Gasteiger partial charge is 0.468 e. The van der Waals surface area contributed by atoms with Crippen molar-refractivity contribution in [1.29, 1.82) is 0 Å². The molecule has 3 aromatic rings. The molecule has 1 aliphatic heterocycles. The predicted molar refractivity (Wildman–Crippen MR) is 122 cm³/mol. The Bertz CT molecular complexity index is 1070. The Morgan fingerprint density at radius 1 is 1.12 bits per heavy atom. The maximum atomic E-state index is 13.2. The van der Waals surface area contributed by atoms with E-state index >= 15 is 0 Å². The number of likely N-dealkylation sites (tertiary alicyclic amines) is 1. The van der Waals surface area contributed by atoms with E-state index in [1.165, 1.54) is 0 Å². The highest BCUT2D eigenvalue weighted by Crippen LogP contribution is 2.37. The van der Waals surface area contributed by atoms with Crippen LogP contribution >= 0.6 is 0 Å². The van der Waals surface area contributed by atoms with Crippen LogP contribution in [-0.4, -0.2) is 58.0 Å². The van der Waals surface area contributed by atoms with Gasteiger partial charge in [-0.15, -0.1) is 0 Å². The number of carbonyl (C=O) groups excluding carboxylic acids is 1. The summed E-state index contributed by atoms with van der Waals surface area (Å²) < 4.78 is 5.65. The van der Waals surface area contributed by atoms with Crippen LogP contribution in [0.5, 0.6) is 5.88 Å². The maximum Gasteiger partial charge on any atom is 0.261 e. The molecule has 1 atom stereocenters. The molecule has 1 saturated heterocycles. The van der Waals surface area contributed by atoms with Gasteiger partial charge in [0.15, 0.2) is 6.61 Å². The molecule has 1 aliphatic rings. The van der Waals surface area contributed by atoms with Gasteiger partial charge in [0.2, 0.25) is 11.8 Å². The summed E-state index contributed by atoms with van der Waals surface area (Å²) in [5.41, 5.74) is 3.87. The van der Waals surface area contributed by atoms with Crippen molar-refractivity contribution in [3.63, 3.8) is 0 Å². The number of hydrogen-bond acceptors (Lipinski definition) is 7. The standard InChI is InChI=1S/C24H28N6O2/c1-17-14-25-12-10-18(17)19-15-27-24(29(2)3)28-23(19)20-8-5-7-13-30(20)22(31)16-32-21-9-4-6-11-26-21/h4,6,9-12,14-15,20H,5,7-8,13,16H2,1-3H3/t20-/m0/s1. The lowest BCUT2D eigenvalue weighted by atomic mass is 9.93. The zero-order chi connectivity index (χ0) is 22.5. The van der Waals surface area contributed by atoms with E-state index in [0.717, 1.165) is 41.6 Å². The van der Waals surface area contributed by atoms with Gasteiger partial charge in [0.1, 0.15) is 0 Å². The summed E-state index contributed by atoms with van der Waals surface area (Å²) in [5.74, 6) is 1.00. The lowest BCUT2D eigenvalue weighted by Crippen LogP contribution is -2.41. The van der Waals surface area contributed by atoms with Crippen LogP contribution in [0.2, 0.25) is 0 Å². The number of hydrogen-bond donors (Lipinski definition) is 0. The summed E-state index contributed by atoms with van der Waals surface area (Å²) in [6, 6.07) is 7.23. The van der Waals surface area contributed by atoms with Gasteiger partial charge in [-0.3, -0.25) is 9.78 Å². The third kappa shape index (κ3) is 4.69. The Labute approximate surface area is 188 Å². The highest BCUT2D eigenvalue weighted by atomic mass is 16.5. The summed E-state index contributed by atoms with van der Waals surface area (Å²) in [4.78, 5) is 34.8. The van der Waals surface area contributed by atoms with E-state index in [1.54, 1.807) is 18.5 Å². The Morgan fingerprint density at radius 3 is 2.75 bits per heavy atom. The molecule has 0 N–H and O–H groups in total. The smallest absolute Gasteiger partial charge is 0.261 e.